The van der Waals surface area contributed by atoms with E-state index in [1.165, 1.54) is 0 Å². The van der Waals surface area contributed by atoms with Crippen LogP contribution in [0.3, 0.4) is 0 Å². The Morgan fingerprint density at radius 3 is 1.38 bits per heavy atom. The van der Waals surface area contributed by atoms with Gasteiger partial charge in [-0.2, -0.15) is 0 Å². The summed E-state index contributed by atoms with van der Waals surface area (Å²) in [4.78, 5) is 74.0. The molecule has 0 radical (unpaired) electrons. The summed E-state index contributed by atoms with van der Waals surface area (Å²) < 4.78 is 42.7. The molecule has 0 atom stereocenters. The highest BCUT2D eigenvalue weighted by molar-refractivity contribution is 9.09. The van der Waals surface area contributed by atoms with E-state index in [1.54, 1.807) is 76.2 Å². The Morgan fingerprint density at radius 2 is 0.972 bits per heavy atom. The molecule has 0 saturated carbocycles. The Hall–Kier alpha value is -7.97. The van der Waals surface area contributed by atoms with E-state index in [4.69, 9.17) is 19.7 Å². The number of hydrogen-bond donors (Lipinski definition) is 1. The van der Waals surface area contributed by atoms with Crippen LogP contribution >= 0.6 is 15.9 Å². The number of furan rings is 2. The molecular formula is C58H52BrFO12. The van der Waals surface area contributed by atoms with E-state index < -0.39 is 36.3 Å². The second-order valence-electron chi connectivity index (χ2n) is 16.3. The molecule has 1 N–H and O–H groups in total. The van der Waals surface area contributed by atoms with Crippen molar-refractivity contribution in [2.75, 3.05) is 32.3 Å². The number of aryl methyl sites for hydroxylation is 2. The van der Waals surface area contributed by atoms with Crippen LogP contribution in [0.1, 0.15) is 86.3 Å². The van der Waals surface area contributed by atoms with Crippen molar-refractivity contribution in [1.29, 1.82) is 0 Å². The highest BCUT2D eigenvalue weighted by atomic mass is 79.9. The monoisotopic (exact) mass is 1040 g/mol. The summed E-state index contributed by atoms with van der Waals surface area (Å²) >= 11 is 2.94. The molecule has 0 bridgehead atoms. The van der Waals surface area contributed by atoms with E-state index in [9.17, 15) is 38.3 Å². The number of Topliss-reactive ketones (excluding diaryl/α,β-unsaturated/α-hetero) is 4. The summed E-state index contributed by atoms with van der Waals surface area (Å²) in [7, 11) is -1.00. The molecule has 2 aliphatic rings. The van der Waals surface area contributed by atoms with Crippen LogP contribution in [-0.4, -0.2) is 72.5 Å². The first kappa shape index (κ1) is 51.9. The Labute approximate surface area is 425 Å². The largest absolute Gasteiger partial charge is 0.508 e. The molecule has 370 valence electrons. The number of halogens is 2. The quantitative estimate of drug-likeness (QED) is 0.0867. The van der Waals surface area contributed by atoms with Crippen molar-refractivity contribution >= 4 is 72.5 Å². The lowest BCUT2D eigenvalue weighted by Crippen LogP contribution is -2.21. The zero-order valence-electron chi connectivity index (χ0n) is 40.6. The van der Waals surface area contributed by atoms with Gasteiger partial charge < -0.3 is 28.2 Å². The fourth-order valence-corrected chi connectivity index (χ4v) is 8.88. The first-order valence-corrected chi connectivity index (χ1v) is 23.5. The third kappa shape index (κ3) is 10.1. The van der Waals surface area contributed by atoms with E-state index in [1.807, 2.05) is 74.5 Å². The van der Waals surface area contributed by atoms with E-state index in [-0.39, 0.29) is 25.8 Å². The standard InChI is InChI=1S/C28H22O6.C24H16O4.C4H7BrO2.CH3F.CH4/c1-4-32-22(29)14-33-18-10-8-17(9-11-18)27-16(3)23-25(30)26(31)24-20-7-5-6-15(2)19(20)12-13-21(24)28(23)34-27;1-12-4-3-5-17-16(12)10-11-18-20(17)22(27)21(26)19-13(2)23(28-24(18)19)14-6-8-15(25)9-7-14;1-2-7-4(6)3-5;1-2;/h5-13H,4,14H2,1-3H3;3-11,25H,1-2H3;2-3H2,1H3;1H3;1H4/i;;;1D;. The Morgan fingerprint density at radius 1 is 0.569 bits per heavy atom. The van der Waals surface area contributed by atoms with Crippen LogP contribution in [0.4, 0.5) is 4.39 Å². The maximum Gasteiger partial charge on any atom is 0.344 e. The van der Waals surface area contributed by atoms with Crippen LogP contribution in [0.5, 0.6) is 11.5 Å². The van der Waals surface area contributed by atoms with Gasteiger partial charge in [0, 0.05) is 44.5 Å². The van der Waals surface area contributed by atoms with Gasteiger partial charge in [0.05, 0.1) is 32.9 Å². The second kappa shape index (κ2) is 22.8. The lowest BCUT2D eigenvalue weighted by Gasteiger charge is -2.16. The summed E-state index contributed by atoms with van der Waals surface area (Å²) in [5, 5.41) is 13.2. The molecule has 72 heavy (non-hydrogen) atoms. The first-order chi connectivity index (χ1) is 34.6. The van der Waals surface area contributed by atoms with Gasteiger partial charge in [0.15, 0.2) is 6.61 Å². The van der Waals surface area contributed by atoms with Gasteiger partial charge in [0.2, 0.25) is 23.1 Å². The molecule has 8 aromatic rings. The fraction of sp³-hybridized carbons (Fsp3) is 0.207. The molecule has 6 aromatic carbocycles. The number of alkyl halides is 2. The summed E-state index contributed by atoms with van der Waals surface area (Å²) in [6, 6.07) is 32.7. The van der Waals surface area contributed by atoms with E-state index >= 15 is 0 Å². The molecule has 10 rings (SSSR count). The normalized spacial score (nSPS) is 12.0. The van der Waals surface area contributed by atoms with Crippen molar-refractivity contribution in [3.05, 3.63) is 154 Å². The van der Waals surface area contributed by atoms with Crippen LogP contribution in [-0.2, 0) is 19.1 Å². The fourth-order valence-electron chi connectivity index (χ4n) is 8.72. The minimum atomic E-state index is -1.00. The molecule has 2 aromatic heterocycles. The molecule has 0 fully saturated rings. The summed E-state index contributed by atoms with van der Waals surface area (Å²) in [6.07, 6.45) is 0. The SMILES string of the molecule is C.CCOC(=O)CBr.CCOC(=O)COc1ccc(-c2oc3c(c2C)C(=O)C(=O)c2c-3ccc3c(C)cccc23)cc1.Cc1c(-c2ccc(O)cc2)oc2c1C(=O)C(=O)c1c-2ccc2c(C)cccc12.[2H]CF. The molecular weight excluding hydrogens is 988 g/mol. The maximum atomic E-state index is 13.2. The number of phenols is 1. The predicted octanol–water partition coefficient (Wildman–Crippen LogP) is 13.3. The van der Waals surface area contributed by atoms with Gasteiger partial charge >= 0.3 is 11.9 Å². The van der Waals surface area contributed by atoms with E-state index in [2.05, 4.69) is 20.7 Å². The van der Waals surface area contributed by atoms with Gasteiger partial charge in [-0.15, -0.1) is 0 Å². The van der Waals surface area contributed by atoms with Crippen LogP contribution in [0.25, 0.3) is 66.8 Å². The Bertz CT molecular complexity index is 3420. The molecule has 14 heteroatoms. The summed E-state index contributed by atoms with van der Waals surface area (Å²) in [5.41, 5.74) is 7.50. The van der Waals surface area contributed by atoms with E-state index in [0.29, 0.717) is 91.8 Å². The third-order valence-corrected chi connectivity index (χ3v) is 12.4. The van der Waals surface area contributed by atoms with Gasteiger partial charge in [0.1, 0.15) is 39.9 Å². The number of aromatic hydroxyl groups is 1. The molecule has 0 unspecified atom stereocenters. The van der Waals surface area contributed by atoms with Crippen molar-refractivity contribution in [2.45, 2.75) is 49.0 Å². The lowest BCUT2D eigenvalue weighted by molar-refractivity contribution is -0.145. The zero-order chi connectivity index (χ0) is 52.0. The van der Waals surface area contributed by atoms with Gasteiger partial charge in [-0.1, -0.05) is 71.9 Å². The molecule has 0 spiro atoms. The first-order valence-electron chi connectivity index (χ1n) is 23.1. The van der Waals surface area contributed by atoms with E-state index in [0.717, 1.165) is 43.8 Å². The number of carbonyl (C=O) groups is 6. The molecule has 0 aliphatic heterocycles. The van der Waals surface area contributed by atoms with Crippen molar-refractivity contribution in [1.82, 2.24) is 0 Å². The highest BCUT2D eigenvalue weighted by Crippen LogP contribution is 2.46. The van der Waals surface area contributed by atoms with Crippen molar-refractivity contribution in [3.63, 3.8) is 0 Å². The zero-order valence-corrected chi connectivity index (χ0v) is 41.2. The smallest absolute Gasteiger partial charge is 0.344 e. The van der Waals surface area contributed by atoms with Crippen molar-refractivity contribution < 1.29 is 62.7 Å². The van der Waals surface area contributed by atoms with Gasteiger partial charge in [-0.3, -0.25) is 28.4 Å². The number of phenolic OH excluding ortho intramolecular Hbond substituents is 1. The minimum absolute atomic E-state index is 0. The number of benzene rings is 6. The number of carbonyl (C=O) groups excluding carboxylic acids is 6. The van der Waals surface area contributed by atoms with Crippen LogP contribution < -0.4 is 4.74 Å². The third-order valence-electron chi connectivity index (χ3n) is 12.0. The van der Waals surface area contributed by atoms with Gasteiger partial charge in [0.25, 0.3) is 0 Å². The Balaban J connectivity index is 0.000000201. The number of ketones is 4. The molecule has 0 amide bonds. The van der Waals surface area contributed by atoms with Gasteiger partial charge in [-0.25, -0.2) is 4.79 Å². The van der Waals surface area contributed by atoms with Crippen molar-refractivity contribution in [2.24, 2.45) is 0 Å². The predicted molar refractivity (Wildman–Crippen MR) is 278 cm³/mol. The van der Waals surface area contributed by atoms with Crippen molar-refractivity contribution in [3.8, 4) is 56.8 Å². The highest BCUT2D eigenvalue weighted by Gasteiger charge is 2.39. The molecule has 0 saturated heterocycles. The summed E-state index contributed by atoms with van der Waals surface area (Å²) in [6.45, 7) is 11.6. The minimum Gasteiger partial charge on any atom is -0.508 e. The van der Waals surface area contributed by atoms with Crippen LogP contribution in [0.15, 0.2) is 118 Å². The summed E-state index contributed by atoms with van der Waals surface area (Å²) in [5.74, 6) is -0.211. The average molecular weight is 1040 g/mol. The number of rotatable bonds is 8. The second-order valence-corrected chi connectivity index (χ2v) is 16.8. The maximum absolute atomic E-state index is 13.2. The lowest BCUT2D eigenvalue weighted by atomic mass is 9.83. The number of esters is 2. The number of fused-ring (bicyclic) bond motifs is 10. The number of hydrogen-bond acceptors (Lipinski definition) is 12. The average Bonchev–Trinajstić information content (AvgIpc) is 3.91. The molecule has 2 aliphatic carbocycles. The Kier molecular flexibility index (Phi) is 16.5. The number of ether oxygens (including phenoxy) is 3. The molecule has 2 heterocycles. The van der Waals surface area contributed by atoms with Crippen LogP contribution in [0, 0.1) is 27.7 Å². The van der Waals surface area contributed by atoms with Crippen LogP contribution in [0.2, 0.25) is 0 Å². The molecule has 12 nitrogen and oxygen atoms in total. The van der Waals surface area contributed by atoms with Gasteiger partial charge in [-0.05, 0) is 135 Å². The topological polar surface area (TPSA) is 177 Å².